The first kappa shape index (κ1) is 13.4. The van der Waals surface area contributed by atoms with Crippen LogP contribution in [0.25, 0.3) is 11.7 Å². The molecule has 2 aromatic heterocycles. The van der Waals surface area contributed by atoms with Crippen LogP contribution in [0.1, 0.15) is 16.2 Å². The molecular weight excluding hydrogens is 294 g/mol. The van der Waals surface area contributed by atoms with Crippen LogP contribution >= 0.6 is 11.6 Å². The van der Waals surface area contributed by atoms with Gasteiger partial charge in [0.25, 0.3) is 11.8 Å². The molecule has 0 bridgehead atoms. The molecule has 3 rings (SSSR count). The van der Waals surface area contributed by atoms with Gasteiger partial charge in [0.15, 0.2) is 11.6 Å². The Balaban J connectivity index is 1.66. The van der Waals surface area contributed by atoms with Crippen LogP contribution in [-0.4, -0.2) is 16.0 Å². The minimum absolute atomic E-state index is 0.133. The number of carbonyl (C=O) groups is 1. The van der Waals surface area contributed by atoms with E-state index in [0.717, 1.165) is 0 Å². The van der Waals surface area contributed by atoms with Gasteiger partial charge in [0.2, 0.25) is 0 Å². The Morgan fingerprint density at radius 2 is 2.10 bits per heavy atom. The number of hydrogen-bond donors (Lipinski definition) is 1. The fourth-order valence-electron chi connectivity index (χ4n) is 1.73. The molecule has 6 nitrogen and oxygen atoms in total. The highest BCUT2D eigenvalue weighted by Gasteiger charge is 2.13. The lowest BCUT2D eigenvalue weighted by Crippen LogP contribution is -2.23. The monoisotopic (exact) mass is 303 g/mol. The zero-order chi connectivity index (χ0) is 14.7. The summed E-state index contributed by atoms with van der Waals surface area (Å²) in [6, 6.07) is 10.2. The van der Waals surface area contributed by atoms with Gasteiger partial charge in [0.1, 0.15) is 0 Å². The van der Waals surface area contributed by atoms with Gasteiger partial charge < -0.3 is 14.3 Å². The van der Waals surface area contributed by atoms with Gasteiger partial charge >= 0.3 is 0 Å². The van der Waals surface area contributed by atoms with Gasteiger partial charge in [0.05, 0.1) is 23.4 Å². The van der Waals surface area contributed by atoms with E-state index < -0.39 is 0 Å². The van der Waals surface area contributed by atoms with Gasteiger partial charge in [-0.25, -0.2) is 0 Å². The first-order valence-electron chi connectivity index (χ1n) is 6.13. The number of halogens is 1. The van der Waals surface area contributed by atoms with Crippen LogP contribution in [0, 0.1) is 0 Å². The molecule has 0 aliphatic carbocycles. The Kier molecular flexibility index (Phi) is 3.70. The molecule has 0 spiro atoms. The normalized spacial score (nSPS) is 10.5. The zero-order valence-electron chi connectivity index (χ0n) is 10.7. The number of rotatable bonds is 4. The summed E-state index contributed by atoms with van der Waals surface area (Å²) in [7, 11) is 0. The quantitative estimate of drug-likeness (QED) is 0.801. The fourth-order valence-corrected chi connectivity index (χ4v) is 1.95. The van der Waals surface area contributed by atoms with Crippen molar-refractivity contribution in [1.29, 1.82) is 0 Å². The first-order valence-corrected chi connectivity index (χ1v) is 6.51. The first-order chi connectivity index (χ1) is 10.2. The smallest absolute Gasteiger partial charge is 0.293 e. The topological polar surface area (TPSA) is 81.2 Å². The second kappa shape index (κ2) is 5.80. The number of benzene rings is 1. The summed E-state index contributed by atoms with van der Waals surface area (Å²) in [6.45, 7) is 0.133. The summed E-state index contributed by atoms with van der Waals surface area (Å²) in [6.07, 6.45) is 1.51. The molecule has 0 aliphatic rings. The maximum atomic E-state index is 12.0. The van der Waals surface area contributed by atoms with Gasteiger partial charge in [-0.3, -0.25) is 4.79 Å². The molecule has 1 amide bonds. The van der Waals surface area contributed by atoms with Crippen LogP contribution < -0.4 is 5.32 Å². The van der Waals surface area contributed by atoms with E-state index in [1.165, 1.54) is 6.26 Å². The molecule has 7 heteroatoms. The third-order valence-corrected chi connectivity index (χ3v) is 3.06. The van der Waals surface area contributed by atoms with Crippen LogP contribution in [0.15, 0.2) is 51.6 Å². The van der Waals surface area contributed by atoms with E-state index in [0.29, 0.717) is 22.2 Å². The Labute approximate surface area is 124 Å². The van der Waals surface area contributed by atoms with Crippen molar-refractivity contribution in [2.45, 2.75) is 6.54 Å². The summed E-state index contributed by atoms with van der Waals surface area (Å²) in [5, 5.41) is 6.83. The Morgan fingerprint density at radius 1 is 1.24 bits per heavy atom. The van der Waals surface area contributed by atoms with Crippen molar-refractivity contribution in [1.82, 2.24) is 15.5 Å². The SMILES string of the molecule is O=C(NCc1noc(-c2ccco2)n1)c1ccccc1Cl. The molecule has 0 saturated heterocycles. The fraction of sp³-hybridized carbons (Fsp3) is 0.0714. The molecule has 0 atom stereocenters. The highest BCUT2D eigenvalue weighted by atomic mass is 35.5. The largest absolute Gasteiger partial charge is 0.459 e. The Bertz CT molecular complexity index is 752. The van der Waals surface area contributed by atoms with Crippen LogP contribution in [0.2, 0.25) is 5.02 Å². The molecule has 3 aromatic rings. The number of nitrogens with zero attached hydrogens (tertiary/aromatic N) is 2. The average molecular weight is 304 g/mol. The van der Waals surface area contributed by atoms with Gasteiger partial charge in [-0.1, -0.05) is 28.9 Å². The molecule has 1 aromatic carbocycles. The molecule has 0 saturated carbocycles. The van der Waals surface area contributed by atoms with Crippen LogP contribution in [0.4, 0.5) is 0 Å². The third kappa shape index (κ3) is 2.95. The molecule has 21 heavy (non-hydrogen) atoms. The van der Waals surface area contributed by atoms with E-state index in [4.69, 9.17) is 20.5 Å². The summed E-state index contributed by atoms with van der Waals surface area (Å²) in [4.78, 5) is 16.1. The van der Waals surface area contributed by atoms with Crippen molar-refractivity contribution in [2.75, 3.05) is 0 Å². The second-order valence-electron chi connectivity index (χ2n) is 4.16. The maximum absolute atomic E-state index is 12.0. The molecule has 1 N–H and O–H groups in total. The molecule has 106 valence electrons. The lowest BCUT2D eigenvalue weighted by molar-refractivity contribution is 0.0950. The predicted octanol–water partition coefficient (Wildman–Crippen LogP) is 2.91. The summed E-state index contributed by atoms with van der Waals surface area (Å²) >= 11 is 5.95. The lowest BCUT2D eigenvalue weighted by atomic mass is 10.2. The van der Waals surface area contributed by atoms with E-state index >= 15 is 0 Å². The number of hydrogen-bond acceptors (Lipinski definition) is 5. The maximum Gasteiger partial charge on any atom is 0.293 e. The number of furan rings is 1. The lowest BCUT2D eigenvalue weighted by Gasteiger charge is -2.03. The number of amides is 1. The number of nitrogens with one attached hydrogen (secondary N) is 1. The molecular formula is C14H10ClN3O3. The van der Waals surface area contributed by atoms with Gasteiger partial charge in [-0.05, 0) is 24.3 Å². The Hall–Kier alpha value is -2.60. The summed E-state index contributed by atoms with van der Waals surface area (Å²) < 4.78 is 10.2. The standard InChI is InChI=1S/C14H10ClN3O3/c15-10-5-2-1-4-9(10)13(19)16-8-12-17-14(21-18-12)11-6-3-7-20-11/h1-7H,8H2,(H,16,19). The van der Waals surface area contributed by atoms with Gasteiger partial charge in [-0.15, -0.1) is 0 Å². The van der Waals surface area contributed by atoms with Gasteiger partial charge in [0, 0.05) is 0 Å². The molecule has 0 fully saturated rings. The number of aromatic nitrogens is 2. The van der Waals surface area contributed by atoms with E-state index in [1.54, 1.807) is 36.4 Å². The molecule has 2 heterocycles. The minimum atomic E-state index is -0.301. The van der Waals surface area contributed by atoms with Crippen molar-refractivity contribution >= 4 is 17.5 Å². The van der Waals surface area contributed by atoms with E-state index in [-0.39, 0.29) is 18.3 Å². The van der Waals surface area contributed by atoms with Crippen molar-refractivity contribution in [2.24, 2.45) is 0 Å². The molecule has 0 unspecified atom stereocenters. The van der Waals surface area contributed by atoms with Crippen LogP contribution in [-0.2, 0) is 6.54 Å². The van der Waals surface area contributed by atoms with Crippen molar-refractivity contribution < 1.29 is 13.7 Å². The average Bonchev–Trinajstić information content (AvgIpc) is 3.16. The van der Waals surface area contributed by atoms with Crippen LogP contribution in [0.3, 0.4) is 0 Å². The van der Waals surface area contributed by atoms with Crippen LogP contribution in [0.5, 0.6) is 0 Å². The van der Waals surface area contributed by atoms with Crippen molar-refractivity contribution in [3.05, 3.63) is 59.1 Å². The van der Waals surface area contributed by atoms with Crippen molar-refractivity contribution in [3.8, 4) is 11.7 Å². The highest BCUT2D eigenvalue weighted by Crippen LogP contribution is 2.17. The molecule has 0 radical (unpaired) electrons. The third-order valence-electron chi connectivity index (χ3n) is 2.73. The van der Waals surface area contributed by atoms with Gasteiger partial charge in [-0.2, -0.15) is 4.98 Å². The zero-order valence-corrected chi connectivity index (χ0v) is 11.5. The van der Waals surface area contributed by atoms with Crippen molar-refractivity contribution in [3.63, 3.8) is 0 Å². The highest BCUT2D eigenvalue weighted by molar-refractivity contribution is 6.33. The van der Waals surface area contributed by atoms with E-state index in [9.17, 15) is 4.79 Å². The predicted molar refractivity (Wildman–Crippen MR) is 74.6 cm³/mol. The van der Waals surface area contributed by atoms with E-state index in [2.05, 4.69) is 15.5 Å². The van der Waals surface area contributed by atoms with E-state index in [1.807, 2.05) is 0 Å². The minimum Gasteiger partial charge on any atom is -0.459 e. The second-order valence-corrected chi connectivity index (χ2v) is 4.56. The number of carbonyl (C=O) groups excluding carboxylic acids is 1. The molecule has 0 aliphatic heterocycles. The summed E-state index contributed by atoms with van der Waals surface area (Å²) in [5.41, 5.74) is 0.397. The Morgan fingerprint density at radius 3 is 2.86 bits per heavy atom. The summed E-state index contributed by atoms with van der Waals surface area (Å²) in [5.74, 6) is 0.792.